The zero-order valence-corrected chi connectivity index (χ0v) is 12.3. The van der Waals surface area contributed by atoms with Crippen molar-refractivity contribution < 1.29 is 4.92 Å². The second-order valence-electron chi connectivity index (χ2n) is 4.58. The highest BCUT2D eigenvalue weighted by Crippen LogP contribution is 2.28. The van der Waals surface area contributed by atoms with E-state index in [0.717, 1.165) is 11.3 Å². The van der Waals surface area contributed by atoms with E-state index in [2.05, 4.69) is 11.4 Å². The molecular weight excluding hydrogens is 292 g/mol. The van der Waals surface area contributed by atoms with E-state index in [1.807, 2.05) is 6.92 Å². The normalized spacial score (nSPS) is 10.2. The van der Waals surface area contributed by atoms with Gasteiger partial charge in [0.25, 0.3) is 5.69 Å². The van der Waals surface area contributed by atoms with E-state index in [1.165, 1.54) is 18.2 Å². The van der Waals surface area contributed by atoms with Crippen LogP contribution in [-0.4, -0.2) is 9.49 Å². The number of nitriles is 1. The maximum Gasteiger partial charge on any atom is 0.292 e. The van der Waals surface area contributed by atoms with Crippen LogP contribution in [0, 0.1) is 28.4 Å². The highest BCUT2D eigenvalue weighted by molar-refractivity contribution is 6.31. The van der Waals surface area contributed by atoms with E-state index < -0.39 is 4.92 Å². The molecule has 1 aromatic heterocycles. The minimum Gasteiger partial charge on any atom is -0.375 e. The van der Waals surface area contributed by atoms with Crippen LogP contribution in [0.2, 0.25) is 5.02 Å². The number of nitrogens with zero attached hydrogens (tertiary/aromatic N) is 3. The van der Waals surface area contributed by atoms with Gasteiger partial charge in [-0.1, -0.05) is 11.6 Å². The summed E-state index contributed by atoms with van der Waals surface area (Å²) >= 11 is 5.88. The summed E-state index contributed by atoms with van der Waals surface area (Å²) in [5.41, 5.74) is 2.71. The van der Waals surface area contributed by atoms with Crippen molar-refractivity contribution in [3.63, 3.8) is 0 Å². The summed E-state index contributed by atoms with van der Waals surface area (Å²) in [7, 11) is 1.80. The lowest BCUT2D eigenvalue weighted by atomic mass is 10.2. The summed E-state index contributed by atoms with van der Waals surface area (Å²) in [6.45, 7) is 2.27. The molecule has 0 fully saturated rings. The van der Waals surface area contributed by atoms with Gasteiger partial charge in [0.15, 0.2) is 0 Å². The van der Waals surface area contributed by atoms with Gasteiger partial charge in [-0.2, -0.15) is 5.26 Å². The number of benzene rings is 1. The predicted molar refractivity (Wildman–Crippen MR) is 80.3 cm³/mol. The number of hydrogen-bond donors (Lipinski definition) is 1. The predicted octanol–water partition coefficient (Wildman–Crippen LogP) is 3.38. The number of nitro benzene ring substituents is 1. The van der Waals surface area contributed by atoms with Crippen molar-refractivity contribution in [2.45, 2.75) is 13.5 Å². The molecule has 0 atom stereocenters. The molecule has 0 saturated carbocycles. The smallest absolute Gasteiger partial charge is 0.292 e. The molecule has 0 aliphatic heterocycles. The molecule has 0 aliphatic carbocycles. The minimum absolute atomic E-state index is 0.0338. The fourth-order valence-electron chi connectivity index (χ4n) is 2.05. The van der Waals surface area contributed by atoms with E-state index in [4.69, 9.17) is 16.9 Å². The second kappa shape index (κ2) is 5.85. The minimum atomic E-state index is -0.461. The number of rotatable bonds is 4. The third kappa shape index (κ3) is 2.98. The molecule has 7 heteroatoms. The molecule has 0 bridgehead atoms. The fourth-order valence-corrected chi connectivity index (χ4v) is 2.22. The fraction of sp³-hybridized carbons (Fsp3) is 0.214. The Morgan fingerprint density at radius 2 is 2.19 bits per heavy atom. The first-order valence-corrected chi connectivity index (χ1v) is 6.55. The van der Waals surface area contributed by atoms with Crippen molar-refractivity contribution in [1.82, 2.24) is 4.57 Å². The molecule has 0 spiro atoms. The Kier molecular flexibility index (Phi) is 4.15. The van der Waals surface area contributed by atoms with E-state index in [-0.39, 0.29) is 5.69 Å². The molecule has 21 heavy (non-hydrogen) atoms. The molecule has 0 radical (unpaired) electrons. The zero-order chi connectivity index (χ0) is 15.6. The van der Waals surface area contributed by atoms with Crippen molar-refractivity contribution in [1.29, 1.82) is 5.26 Å². The summed E-state index contributed by atoms with van der Waals surface area (Å²) < 4.78 is 1.78. The number of hydrogen-bond acceptors (Lipinski definition) is 4. The van der Waals surface area contributed by atoms with Gasteiger partial charge in [0.1, 0.15) is 17.5 Å². The van der Waals surface area contributed by atoms with Gasteiger partial charge in [-0.15, -0.1) is 0 Å². The second-order valence-corrected chi connectivity index (χ2v) is 5.02. The van der Waals surface area contributed by atoms with Crippen molar-refractivity contribution in [3.8, 4) is 6.07 Å². The number of anilines is 1. The van der Waals surface area contributed by atoms with E-state index in [1.54, 1.807) is 17.7 Å². The van der Waals surface area contributed by atoms with Crippen LogP contribution >= 0.6 is 11.6 Å². The van der Waals surface area contributed by atoms with Crippen LogP contribution in [0.5, 0.6) is 0 Å². The van der Waals surface area contributed by atoms with Crippen molar-refractivity contribution >= 4 is 23.0 Å². The molecule has 6 nitrogen and oxygen atoms in total. The van der Waals surface area contributed by atoms with Crippen molar-refractivity contribution in [2.24, 2.45) is 7.05 Å². The third-order valence-electron chi connectivity index (χ3n) is 3.38. The Hall–Kier alpha value is -2.52. The Balaban J connectivity index is 2.27. The SMILES string of the molecule is Cc1c(CNc2cc(Cl)ccc2[N+](=O)[O-])cc(C#N)n1C. The lowest BCUT2D eigenvalue weighted by Gasteiger charge is -2.08. The Morgan fingerprint density at radius 3 is 2.76 bits per heavy atom. The Bertz CT molecular complexity index is 746. The maximum absolute atomic E-state index is 11.0. The van der Waals surface area contributed by atoms with Crippen LogP contribution in [0.4, 0.5) is 11.4 Å². The quantitative estimate of drug-likeness (QED) is 0.693. The van der Waals surface area contributed by atoms with Crippen LogP contribution in [-0.2, 0) is 13.6 Å². The van der Waals surface area contributed by atoms with Gasteiger partial charge in [-0.3, -0.25) is 10.1 Å². The first kappa shape index (κ1) is 14.9. The summed E-state index contributed by atoms with van der Waals surface area (Å²) in [5.74, 6) is 0. The Morgan fingerprint density at radius 1 is 1.48 bits per heavy atom. The first-order valence-electron chi connectivity index (χ1n) is 6.17. The van der Waals surface area contributed by atoms with E-state index in [0.29, 0.717) is 22.9 Å². The number of nitrogens with one attached hydrogen (secondary N) is 1. The lowest BCUT2D eigenvalue weighted by molar-refractivity contribution is -0.384. The van der Waals surface area contributed by atoms with Gasteiger partial charge in [-0.25, -0.2) is 0 Å². The van der Waals surface area contributed by atoms with Gasteiger partial charge in [0.2, 0.25) is 0 Å². The average Bonchev–Trinajstić information content (AvgIpc) is 2.72. The molecule has 1 heterocycles. The third-order valence-corrected chi connectivity index (χ3v) is 3.61. The molecule has 108 valence electrons. The molecule has 1 aromatic carbocycles. The van der Waals surface area contributed by atoms with Gasteiger partial charge in [-0.05, 0) is 30.7 Å². The average molecular weight is 305 g/mol. The van der Waals surface area contributed by atoms with E-state index in [9.17, 15) is 10.1 Å². The van der Waals surface area contributed by atoms with Gasteiger partial charge in [0, 0.05) is 30.4 Å². The number of aromatic nitrogens is 1. The molecule has 1 N–H and O–H groups in total. The summed E-state index contributed by atoms with van der Waals surface area (Å²) in [4.78, 5) is 10.5. The van der Waals surface area contributed by atoms with Crippen molar-refractivity contribution in [2.75, 3.05) is 5.32 Å². The molecule has 2 rings (SSSR count). The molecule has 0 unspecified atom stereocenters. The van der Waals surface area contributed by atoms with Crippen LogP contribution in [0.25, 0.3) is 0 Å². The summed E-state index contributed by atoms with van der Waals surface area (Å²) in [6.07, 6.45) is 0. The van der Waals surface area contributed by atoms with Crippen LogP contribution in [0.3, 0.4) is 0 Å². The summed E-state index contributed by atoms with van der Waals surface area (Å²) in [6, 6.07) is 8.22. The molecular formula is C14H13ClN4O2. The van der Waals surface area contributed by atoms with Gasteiger partial charge in [0.05, 0.1) is 4.92 Å². The Labute approximate surface area is 126 Å². The zero-order valence-electron chi connectivity index (χ0n) is 11.6. The van der Waals surface area contributed by atoms with Crippen molar-refractivity contribution in [3.05, 3.63) is 56.4 Å². The largest absolute Gasteiger partial charge is 0.375 e. The highest BCUT2D eigenvalue weighted by Gasteiger charge is 2.15. The number of halogens is 1. The highest BCUT2D eigenvalue weighted by atomic mass is 35.5. The van der Waals surface area contributed by atoms with E-state index >= 15 is 0 Å². The van der Waals surface area contributed by atoms with Gasteiger partial charge < -0.3 is 9.88 Å². The molecule has 0 saturated heterocycles. The van der Waals surface area contributed by atoms with Crippen LogP contribution in [0.15, 0.2) is 24.3 Å². The van der Waals surface area contributed by atoms with Crippen LogP contribution < -0.4 is 5.32 Å². The van der Waals surface area contributed by atoms with Crippen LogP contribution in [0.1, 0.15) is 17.0 Å². The summed E-state index contributed by atoms with van der Waals surface area (Å²) in [5, 5.41) is 23.4. The molecule has 0 aliphatic rings. The monoisotopic (exact) mass is 304 g/mol. The number of nitro groups is 1. The lowest BCUT2D eigenvalue weighted by Crippen LogP contribution is -2.04. The maximum atomic E-state index is 11.0. The standard InChI is InChI=1S/C14H13ClN4O2/c1-9-10(5-12(7-16)18(9)2)8-17-13-6-11(15)3-4-14(13)19(20)21/h3-6,17H,8H2,1-2H3. The topological polar surface area (TPSA) is 83.9 Å². The molecule has 0 amide bonds. The molecule has 2 aromatic rings. The first-order chi connectivity index (χ1) is 9.93. The van der Waals surface area contributed by atoms with Gasteiger partial charge >= 0.3 is 0 Å².